The molecule has 1 N–H and O–H groups in total. The molecule has 0 aliphatic rings. The van der Waals surface area contributed by atoms with Gasteiger partial charge in [-0.3, -0.25) is 0 Å². The Balaban J connectivity index is 1.91. The van der Waals surface area contributed by atoms with Crippen LogP contribution in [0.1, 0.15) is 16.7 Å². The van der Waals surface area contributed by atoms with Crippen LogP contribution in [0.25, 0.3) is 0 Å². The summed E-state index contributed by atoms with van der Waals surface area (Å²) in [6.07, 6.45) is 0. The first-order chi connectivity index (χ1) is 9.83. The molecule has 2 aromatic rings. The highest BCUT2D eigenvalue weighted by molar-refractivity contribution is 5.33. The van der Waals surface area contributed by atoms with Crippen molar-refractivity contribution in [1.82, 2.24) is 5.32 Å². The Bertz CT molecular complexity index is 540. The van der Waals surface area contributed by atoms with Gasteiger partial charge in [0.25, 0.3) is 0 Å². The van der Waals surface area contributed by atoms with E-state index in [2.05, 4.69) is 35.6 Å². The van der Waals surface area contributed by atoms with Crippen LogP contribution in [-0.2, 0) is 24.4 Å². The van der Waals surface area contributed by atoms with Gasteiger partial charge in [0.05, 0.1) is 13.7 Å². The van der Waals surface area contributed by atoms with E-state index in [4.69, 9.17) is 9.47 Å². The summed E-state index contributed by atoms with van der Waals surface area (Å²) >= 11 is 0. The topological polar surface area (TPSA) is 30.5 Å². The molecular formula is C17H21NO2. The van der Waals surface area contributed by atoms with Crippen LogP contribution in [0.15, 0.2) is 48.5 Å². The second-order valence-corrected chi connectivity index (χ2v) is 4.67. The molecule has 106 valence electrons. The largest absolute Gasteiger partial charge is 0.496 e. The Morgan fingerprint density at radius 3 is 2.50 bits per heavy atom. The summed E-state index contributed by atoms with van der Waals surface area (Å²) in [6.45, 7) is 2.27. The number of hydrogen-bond acceptors (Lipinski definition) is 3. The van der Waals surface area contributed by atoms with E-state index in [-0.39, 0.29) is 0 Å². The van der Waals surface area contributed by atoms with Crippen molar-refractivity contribution in [1.29, 1.82) is 0 Å². The van der Waals surface area contributed by atoms with Gasteiger partial charge in [-0.1, -0.05) is 42.5 Å². The van der Waals surface area contributed by atoms with Gasteiger partial charge in [-0.05, 0) is 17.2 Å². The first kappa shape index (κ1) is 14.6. The summed E-state index contributed by atoms with van der Waals surface area (Å²) in [5.41, 5.74) is 3.63. The molecule has 0 aromatic heterocycles. The van der Waals surface area contributed by atoms with E-state index >= 15 is 0 Å². The maximum absolute atomic E-state index is 5.34. The standard InChI is InChI=1S/C17H21NO2/c1-19-13-15-7-5-6-14(10-15)11-18-12-16-8-3-4-9-17(16)20-2/h3-10,18H,11-13H2,1-2H3. The highest BCUT2D eigenvalue weighted by Gasteiger charge is 2.01. The number of para-hydroxylation sites is 1. The van der Waals surface area contributed by atoms with E-state index in [9.17, 15) is 0 Å². The molecule has 0 amide bonds. The van der Waals surface area contributed by atoms with Crippen LogP contribution in [0.5, 0.6) is 5.75 Å². The molecule has 0 aliphatic carbocycles. The third-order valence-corrected chi connectivity index (χ3v) is 3.14. The third kappa shape index (κ3) is 4.08. The zero-order chi connectivity index (χ0) is 14.2. The molecule has 3 heteroatoms. The van der Waals surface area contributed by atoms with Gasteiger partial charge in [0.1, 0.15) is 5.75 Å². The number of nitrogens with one attached hydrogen (secondary N) is 1. The van der Waals surface area contributed by atoms with E-state index in [1.54, 1.807) is 14.2 Å². The average molecular weight is 271 g/mol. The number of methoxy groups -OCH3 is 2. The van der Waals surface area contributed by atoms with E-state index in [0.29, 0.717) is 6.61 Å². The monoisotopic (exact) mass is 271 g/mol. The molecular weight excluding hydrogens is 250 g/mol. The number of rotatable bonds is 7. The number of benzene rings is 2. The lowest BCUT2D eigenvalue weighted by Crippen LogP contribution is -2.13. The Hall–Kier alpha value is -1.84. The van der Waals surface area contributed by atoms with Crippen LogP contribution in [0, 0.1) is 0 Å². The van der Waals surface area contributed by atoms with Crippen LogP contribution in [0.4, 0.5) is 0 Å². The van der Waals surface area contributed by atoms with E-state index in [1.165, 1.54) is 16.7 Å². The molecule has 0 aliphatic heterocycles. The molecule has 0 bridgehead atoms. The predicted molar refractivity (Wildman–Crippen MR) is 80.7 cm³/mol. The summed E-state index contributed by atoms with van der Waals surface area (Å²) in [4.78, 5) is 0. The van der Waals surface area contributed by atoms with Crippen molar-refractivity contribution >= 4 is 0 Å². The summed E-state index contributed by atoms with van der Waals surface area (Å²) in [5.74, 6) is 0.924. The van der Waals surface area contributed by atoms with E-state index in [1.807, 2.05) is 18.2 Å². The fraction of sp³-hybridized carbons (Fsp3) is 0.294. The smallest absolute Gasteiger partial charge is 0.123 e. The van der Waals surface area contributed by atoms with Crippen molar-refractivity contribution in [2.45, 2.75) is 19.7 Å². The number of hydrogen-bond donors (Lipinski definition) is 1. The van der Waals surface area contributed by atoms with Crippen molar-refractivity contribution in [3.8, 4) is 5.75 Å². The minimum Gasteiger partial charge on any atom is -0.496 e. The fourth-order valence-corrected chi connectivity index (χ4v) is 2.19. The second kappa shape index (κ2) is 7.68. The lowest BCUT2D eigenvalue weighted by molar-refractivity contribution is 0.185. The number of ether oxygens (including phenoxy) is 2. The molecule has 0 heterocycles. The lowest BCUT2D eigenvalue weighted by Gasteiger charge is -2.10. The van der Waals surface area contributed by atoms with Crippen LogP contribution >= 0.6 is 0 Å². The van der Waals surface area contributed by atoms with Gasteiger partial charge >= 0.3 is 0 Å². The molecule has 3 nitrogen and oxygen atoms in total. The Labute approximate surface area is 120 Å². The molecule has 0 atom stereocenters. The maximum atomic E-state index is 5.34. The van der Waals surface area contributed by atoms with Gasteiger partial charge in [-0.2, -0.15) is 0 Å². The first-order valence-electron chi connectivity index (χ1n) is 6.73. The quantitative estimate of drug-likeness (QED) is 0.839. The summed E-state index contributed by atoms with van der Waals surface area (Å²) in [7, 11) is 3.42. The van der Waals surface area contributed by atoms with Gasteiger partial charge < -0.3 is 14.8 Å². The van der Waals surface area contributed by atoms with Crippen LogP contribution in [0.2, 0.25) is 0 Å². The zero-order valence-corrected chi connectivity index (χ0v) is 12.1. The van der Waals surface area contributed by atoms with Crippen molar-refractivity contribution in [3.63, 3.8) is 0 Å². The third-order valence-electron chi connectivity index (χ3n) is 3.14. The van der Waals surface area contributed by atoms with Gasteiger partial charge in [0.15, 0.2) is 0 Å². The first-order valence-corrected chi connectivity index (χ1v) is 6.73. The molecule has 20 heavy (non-hydrogen) atoms. The highest BCUT2D eigenvalue weighted by Crippen LogP contribution is 2.17. The lowest BCUT2D eigenvalue weighted by atomic mass is 10.1. The summed E-state index contributed by atoms with van der Waals surface area (Å²) in [6, 6.07) is 16.5. The zero-order valence-electron chi connectivity index (χ0n) is 12.1. The molecule has 2 aromatic carbocycles. The minimum atomic E-state index is 0.653. The fourth-order valence-electron chi connectivity index (χ4n) is 2.19. The Morgan fingerprint density at radius 2 is 1.70 bits per heavy atom. The van der Waals surface area contributed by atoms with E-state index < -0.39 is 0 Å². The highest BCUT2D eigenvalue weighted by atomic mass is 16.5. The molecule has 0 unspecified atom stereocenters. The predicted octanol–water partition coefficient (Wildman–Crippen LogP) is 3.13. The van der Waals surface area contributed by atoms with Crippen LogP contribution < -0.4 is 10.1 Å². The minimum absolute atomic E-state index is 0.653. The van der Waals surface area contributed by atoms with Crippen molar-refractivity contribution in [2.75, 3.05) is 14.2 Å². The maximum Gasteiger partial charge on any atom is 0.123 e. The molecule has 2 rings (SSSR count). The van der Waals surface area contributed by atoms with Crippen molar-refractivity contribution in [3.05, 3.63) is 65.2 Å². The van der Waals surface area contributed by atoms with Crippen molar-refractivity contribution in [2.24, 2.45) is 0 Å². The molecule has 0 spiro atoms. The van der Waals surface area contributed by atoms with Gasteiger partial charge in [0, 0.05) is 25.8 Å². The van der Waals surface area contributed by atoms with Crippen LogP contribution in [-0.4, -0.2) is 14.2 Å². The Kier molecular flexibility index (Phi) is 5.59. The normalized spacial score (nSPS) is 10.5. The Morgan fingerprint density at radius 1 is 0.900 bits per heavy atom. The van der Waals surface area contributed by atoms with Crippen LogP contribution in [0.3, 0.4) is 0 Å². The van der Waals surface area contributed by atoms with E-state index in [0.717, 1.165) is 18.8 Å². The molecule has 0 radical (unpaired) electrons. The molecule has 0 saturated carbocycles. The van der Waals surface area contributed by atoms with Gasteiger partial charge in [-0.25, -0.2) is 0 Å². The molecule has 0 saturated heterocycles. The molecule has 0 fully saturated rings. The second-order valence-electron chi connectivity index (χ2n) is 4.67. The average Bonchev–Trinajstić information content (AvgIpc) is 2.48. The summed E-state index contributed by atoms with van der Waals surface area (Å²) < 4.78 is 10.5. The van der Waals surface area contributed by atoms with Crippen molar-refractivity contribution < 1.29 is 9.47 Å². The van der Waals surface area contributed by atoms with Gasteiger partial charge in [-0.15, -0.1) is 0 Å². The summed E-state index contributed by atoms with van der Waals surface area (Å²) in [5, 5.41) is 3.44. The van der Waals surface area contributed by atoms with Gasteiger partial charge in [0.2, 0.25) is 0 Å². The SMILES string of the molecule is COCc1cccc(CNCc2ccccc2OC)c1.